The summed E-state index contributed by atoms with van der Waals surface area (Å²) in [5.41, 5.74) is -1.14. The molecule has 1 aromatic rings. The number of nitrogens with one attached hydrogen (secondary N) is 2. The van der Waals surface area contributed by atoms with Crippen molar-refractivity contribution in [1.82, 2.24) is 10.2 Å². The molecule has 2 amide bonds. The lowest BCUT2D eigenvalue weighted by atomic mass is 10.2. The first kappa shape index (κ1) is 20.4. The third kappa shape index (κ3) is 6.46. The van der Waals surface area contributed by atoms with E-state index in [4.69, 9.17) is 0 Å². The number of hydrogen-bond acceptors (Lipinski definition) is 4. The topological polar surface area (TPSA) is 81.7 Å². The summed E-state index contributed by atoms with van der Waals surface area (Å²) in [6, 6.07) is 3.07. The van der Waals surface area contributed by atoms with Crippen LogP contribution in [-0.2, 0) is 15.8 Å². The predicted octanol–water partition coefficient (Wildman–Crippen LogP) is 1.45. The molecule has 0 radical (unpaired) electrons. The van der Waals surface area contributed by atoms with Gasteiger partial charge in [-0.2, -0.15) is 13.2 Å². The first-order chi connectivity index (χ1) is 11.0. The van der Waals surface area contributed by atoms with Crippen LogP contribution >= 0.6 is 15.9 Å². The van der Waals surface area contributed by atoms with E-state index in [0.717, 1.165) is 12.1 Å². The van der Waals surface area contributed by atoms with Gasteiger partial charge < -0.3 is 20.6 Å². The van der Waals surface area contributed by atoms with Crippen LogP contribution < -0.4 is 10.6 Å². The van der Waals surface area contributed by atoms with Gasteiger partial charge in [0.2, 0.25) is 0 Å². The molecule has 1 aromatic carbocycles. The third-order valence-electron chi connectivity index (χ3n) is 2.81. The predicted molar refractivity (Wildman–Crippen MR) is 85.3 cm³/mol. The van der Waals surface area contributed by atoms with E-state index in [0.29, 0.717) is 0 Å². The maximum atomic E-state index is 12.8. The Balaban J connectivity index is 2.66. The molecule has 6 nitrogen and oxygen atoms in total. The number of carbonyl (C=O) groups excluding carboxylic acids is 2. The molecule has 10 heteroatoms. The molecule has 0 heterocycles. The summed E-state index contributed by atoms with van der Waals surface area (Å²) in [7, 11) is 3.45. The van der Waals surface area contributed by atoms with Crippen molar-refractivity contribution in [2.75, 3.05) is 32.5 Å². The van der Waals surface area contributed by atoms with Gasteiger partial charge in [0.05, 0.1) is 11.7 Å². The van der Waals surface area contributed by atoms with Gasteiger partial charge in [0.25, 0.3) is 0 Å². The summed E-state index contributed by atoms with van der Waals surface area (Å²) in [6.45, 7) is 0.127. The fourth-order valence-electron chi connectivity index (χ4n) is 1.78. The molecule has 24 heavy (non-hydrogen) atoms. The summed E-state index contributed by atoms with van der Waals surface area (Å²) in [5, 5.41) is 13.9. The monoisotopic (exact) mass is 411 g/mol. The van der Waals surface area contributed by atoms with Crippen LogP contribution in [0.4, 0.5) is 18.9 Å². The molecule has 0 bridgehead atoms. The zero-order valence-corrected chi connectivity index (χ0v) is 14.5. The minimum absolute atomic E-state index is 0.154. The molecule has 0 aliphatic carbocycles. The maximum absolute atomic E-state index is 12.8. The minimum atomic E-state index is -4.60. The molecule has 0 fully saturated rings. The Morgan fingerprint density at radius 2 is 1.92 bits per heavy atom. The zero-order chi connectivity index (χ0) is 18.5. The van der Waals surface area contributed by atoms with Gasteiger partial charge in [0.1, 0.15) is 0 Å². The second-order valence-corrected chi connectivity index (χ2v) is 6.13. The highest BCUT2D eigenvalue weighted by Crippen LogP contribution is 2.36. The quantitative estimate of drug-likeness (QED) is 0.640. The SMILES string of the molecule is CN(C)CC(O)CNC(=O)C(=O)Nc1ccc(Br)c(C(F)(F)F)c1. The Morgan fingerprint density at radius 1 is 1.29 bits per heavy atom. The van der Waals surface area contributed by atoms with Crippen LogP contribution in [0.2, 0.25) is 0 Å². The molecule has 0 saturated carbocycles. The average molecular weight is 412 g/mol. The standard InChI is InChI=1S/C14H17BrF3N3O3/c1-21(2)7-9(22)6-19-12(23)13(24)20-8-3-4-11(15)10(5-8)14(16,17)18/h3-5,9,22H,6-7H2,1-2H3,(H,19,23)(H,20,24). The summed E-state index contributed by atoms with van der Waals surface area (Å²) in [4.78, 5) is 25.0. The number of benzene rings is 1. The maximum Gasteiger partial charge on any atom is 0.417 e. The van der Waals surface area contributed by atoms with E-state index in [1.165, 1.54) is 6.07 Å². The van der Waals surface area contributed by atoms with E-state index < -0.39 is 29.7 Å². The van der Waals surface area contributed by atoms with Crippen LogP contribution in [0.25, 0.3) is 0 Å². The van der Waals surface area contributed by atoms with Crippen LogP contribution in [0.3, 0.4) is 0 Å². The Labute approximate surface area is 145 Å². The molecule has 1 unspecified atom stereocenters. The van der Waals surface area contributed by atoms with Crippen LogP contribution in [0, 0.1) is 0 Å². The third-order valence-corrected chi connectivity index (χ3v) is 3.50. The fraction of sp³-hybridized carbons (Fsp3) is 0.429. The van der Waals surface area contributed by atoms with Crippen LogP contribution in [-0.4, -0.2) is 55.1 Å². The van der Waals surface area contributed by atoms with Crippen LogP contribution in [0.15, 0.2) is 22.7 Å². The number of amides is 2. The van der Waals surface area contributed by atoms with Crippen molar-refractivity contribution in [3.63, 3.8) is 0 Å². The van der Waals surface area contributed by atoms with Crippen molar-refractivity contribution in [1.29, 1.82) is 0 Å². The van der Waals surface area contributed by atoms with Gasteiger partial charge >= 0.3 is 18.0 Å². The van der Waals surface area contributed by atoms with Crippen molar-refractivity contribution in [2.45, 2.75) is 12.3 Å². The smallest absolute Gasteiger partial charge is 0.390 e. The Hall–Kier alpha value is -1.65. The van der Waals surface area contributed by atoms with Gasteiger partial charge in [-0.1, -0.05) is 15.9 Å². The lowest BCUT2D eigenvalue weighted by Crippen LogP contribution is -2.42. The van der Waals surface area contributed by atoms with Gasteiger partial charge in [0.15, 0.2) is 0 Å². The van der Waals surface area contributed by atoms with E-state index in [-0.39, 0.29) is 23.2 Å². The Kier molecular flexibility index (Phi) is 7.18. The molecule has 0 aromatic heterocycles. The number of rotatable bonds is 5. The number of anilines is 1. The normalized spacial score (nSPS) is 12.8. The van der Waals surface area contributed by atoms with Crippen LogP contribution in [0.1, 0.15) is 5.56 Å². The molecule has 1 rings (SSSR count). The first-order valence-electron chi connectivity index (χ1n) is 6.79. The minimum Gasteiger partial charge on any atom is -0.390 e. The number of likely N-dealkylation sites (N-methyl/N-ethyl adjacent to an activating group) is 1. The summed E-state index contributed by atoms with van der Waals surface area (Å²) in [5.74, 6) is -2.17. The zero-order valence-electron chi connectivity index (χ0n) is 12.9. The molecule has 1 atom stereocenters. The van der Waals surface area contributed by atoms with Gasteiger partial charge in [-0.25, -0.2) is 0 Å². The highest BCUT2D eigenvalue weighted by Gasteiger charge is 2.33. The van der Waals surface area contributed by atoms with Crippen molar-refractivity contribution >= 4 is 33.4 Å². The molecular formula is C14H17BrF3N3O3. The molecule has 0 spiro atoms. The van der Waals surface area contributed by atoms with Crippen molar-refractivity contribution < 1.29 is 27.9 Å². The fourth-order valence-corrected chi connectivity index (χ4v) is 2.26. The number of aliphatic hydroxyl groups excluding tert-OH is 1. The number of carbonyl (C=O) groups is 2. The molecule has 3 N–H and O–H groups in total. The van der Waals surface area contributed by atoms with Gasteiger partial charge in [0, 0.05) is 23.2 Å². The highest BCUT2D eigenvalue weighted by molar-refractivity contribution is 9.10. The summed E-state index contributed by atoms with van der Waals surface area (Å²) >= 11 is 2.78. The number of aliphatic hydroxyl groups is 1. The molecular weight excluding hydrogens is 395 g/mol. The molecule has 0 aliphatic heterocycles. The average Bonchev–Trinajstić information content (AvgIpc) is 2.44. The summed E-state index contributed by atoms with van der Waals surface area (Å²) in [6.07, 6.45) is -5.47. The Morgan fingerprint density at radius 3 is 2.46 bits per heavy atom. The first-order valence-corrected chi connectivity index (χ1v) is 7.58. The number of nitrogens with zero attached hydrogens (tertiary/aromatic N) is 1. The van der Waals surface area contributed by atoms with E-state index in [1.807, 2.05) is 0 Å². The largest absolute Gasteiger partial charge is 0.417 e. The number of hydrogen-bond donors (Lipinski definition) is 3. The van der Waals surface area contributed by atoms with E-state index >= 15 is 0 Å². The highest BCUT2D eigenvalue weighted by atomic mass is 79.9. The summed E-state index contributed by atoms with van der Waals surface area (Å²) < 4.78 is 38.2. The lowest BCUT2D eigenvalue weighted by molar-refractivity contribution is -0.138. The van der Waals surface area contributed by atoms with E-state index in [2.05, 4.69) is 26.6 Å². The van der Waals surface area contributed by atoms with E-state index in [9.17, 15) is 27.9 Å². The van der Waals surface area contributed by atoms with Crippen molar-refractivity contribution in [3.05, 3.63) is 28.2 Å². The number of halogens is 4. The molecule has 134 valence electrons. The second kappa shape index (κ2) is 8.45. The van der Waals surface area contributed by atoms with E-state index in [1.54, 1.807) is 19.0 Å². The number of alkyl halides is 3. The Bertz CT molecular complexity index is 609. The van der Waals surface area contributed by atoms with Crippen molar-refractivity contribution in [2.24, 2.45) is 0 Å². The van der Waals surface area contributed by atoms with Gasteiger partial charge in [-0.15, -0.1) is 0 Å². The van der Waals surface area contributed by atoms with Crippen LogP contribution in [0.5, 0.6) is 0 Å². The van der Waals surface area contributed by atoms with Crippen molar-refractivity contribution in [3.8, 4) is 0 Å². The lowest BCUT2D eigenvalue weighted by Gasteiger charge is -2.16. The molecule has 0 saturated heterocycles. The van der Waals surface area contributed by atoms with Gasteiger partial charge in [-0.3, -0.25) is 9.59 Å². The molecule has 0 aliphatic rings. The second-order valence-electron chi connectivity index (χ2n) is 5.27. The van der Waals surface area contributed by atoms with Gasteiger partial charge in [-0.05, 0) is 32.3 Å².